The number of aldehydes is 1. The van der Waals surface area contributed by atoms with E-state index in [1.807, 2.05) is 6.92 Å². The van der Waals surface area contributed by atoms with Gasteiger partial charge in [-0.05, 0) is 26.2 Å². The second-order valence-corrected chi connectivity index (χ2v) is 3.15. The van der Waals surface area contributed by atoms with Crippen molar-refractivity contribution in [1.82, 2.24) is 0 Å². The first-order valence-corrected chi connectivity index (χ1v) is 4.53. The lowest BCUT2D eigenvalue weighted by Crippen LogP contribution is -2.26. The number of hydrogen-bond donors (Lipinski definition) is 0. The molecule has 1 saturated heterocycles. The molecule has 3 heteroatoms. The van der Waals surface area contributed by atoms with Gasteiger partial charge in [-0.15, -0.1) is 0 Å². The zero-order chi connectivity index (χ0) is 8.81. The first kappa shape index (κ1) is 9.68. The Labute approximate surface area is 73.0 Å². The summed E-state index contributed by atoms with van der Waals surface area (Å²) < 4.78 is 10.8. The second kappa shape index (κ2) is 5.27. The molecule has 0 aliphatic carbocycles. The SMILES string of the molecule is CC(CC=O)OC1CCCCO1. The fourth-order valence-corrected chi connectivity index (χ4v) is 1.27. The van der Waals surface area contributed by atoms with E-state index in [1.54, 1.807) is 0 Å². The molecule has 2 atom stereocenters. The number of rotatable bonds is 4. The molecular weight excluding hydrogens is 156 g/mol. The van der Waals surface area contributed by atoms with Gasteiger partial charge in [-0.25, -0.2) is 0 Å². The zero-order valence-electron chi connectivity index (χ0n) is 7.49. The topological polar surface area (TPSA) is 35.5 Å². The minimum Gasteiger partial charge on any atom is -0.353 e. The molecule has 1 rings (SSSR count). The van der Waals surface area contributed by atoms with E-state index in [1.165, 1.54) is 6.42 Å². The lowest BCUT2D eigenvalue weighted by molar-refractivity contribution is -0.184. The van der Waals surface area contributed by atoms with Crippen LogP contribution in [0.1, 0.15) is 32.6 Å². The van der Waals surface area contributed by atoms with Gasteiger partial charge in [-0.2, -0.15) is 0 Å². The highest BCUT2D eigenvalue weighted by atomic mass is 16.7. The normalized spacial score (nSPS) is 26.6. The minimum absolute atomic E-state index is 0.00870. The number of carbonyl (C=O) groups excluding carboxylic acids is 1. The third-order valence-electron chi connectivity index (χ3n) is 1.95. The maximum atomic E-state index is 10.1. The molecule has 0 N–H and O–H groups in total. The Balaban J connectivity index is 2.15. The van der Waals surface area contributed by atoms with Gasteiger partial charge in [0, 0.05) is 13.0 Å². The monoisotopic (exact) mass is 172 g/mol. The van der Waals surface area contributed by atoms with E-state index in [-0.39, 0.29) is 12.4 Å². The van der Waals surface area contributed by atoms with Crippen molar-refractivity contribution in [3.63, 3.8) is 0 Å². The highest BCUT2D eigenvalue weighted by Crippen LogP contribution is 2.15. The van der Waals surface area contributed by atoms with Gasteiger partial charge in [0.2, 0.25) is 0 Å². The third-order valence-corrected chi connectivity index (χ3v) is 1.95. The van der Waals surface area contributed by atoms with Gasteiger partial charge in [0.15, 0.2) is 6.29 Å². The molecule has 1 aliphatic heterocycles. The summed E-state index contributed by atoms with van der Waals surface area (Å²) in [7, 11) is 0. The van der Waals surface area contributed by atoms with Gasteiger partial charge in [0.05, 0.1) is 6.10 Å². The average molecular weight is 172 g/mol. The van der Waals surface area contributed by atoms with Crippen molar-refractivity contribution < 1.29 is 14.3 Å². The van der Waals surface area contributed by atoms with Crippen molar-refractivity contribution >= 4 is 6.29 Å². The van der Waals surface area contributed by atoms with Crippen molar-refractivity contribution in [1.29, 1.82) is 0 Å². The molecule has 0 aromatic rings. The van der Waals surface area contributed by atoms with Crippen LogP contribution in [-0.4, -0.2) is 25.3 Å². The highest BCUT2D eigenvalue weighted by molar-refractivity contribution is 5.49. The molecule has 0 amide bonds. The van der Waals surface area contributed by atoms with Crippen LogP contribution in [0.5, 0.6) is 0 Å². The molecule has 2 unspecified atom stereocenters. The molecule has 0 radical (unpaired) electrons. The standard InChI is InChI=1S/C9H16O3/c1-8(5-6-10)12-9-4-2-3-7-11-9/h6,8-9H,2-5,7H2,1H3. The fraction of sp³-hybridized carbons (Fsp3) is 0.889. The predicted molar refractivity (Wildman–Crippen MR) is 44.8 cm³/mol. The maximum absolute atomic E-state index is 10.1. The molecule has 0 saturated carbocycles. The van der Waals surface area contributed by atoms with E-state index in [0.717, 1.165) is 25.7 Å². The van der Waals surface area contributed by atoms with Gasteiger partial charge in [-0.3, -0.25) is 0 Å². The Morgan fingerprint density at radius 2 is 2.50 bits per heavy atom. The van der Waals surface area contributed by atoms with Crippen molar-refractivity contribution in [2.45, 2.75) is 45.0 Å². The molecule has 0 spiro atoms. The average Bonchev–Trinajstić information content (AvgIpc) is 2.06. The molecule has 70 valence electrons. The van der Waals surface area contributed by atoms with Crippen LogP contribution < -0.4 is 0 Å². The summed E-state index contributed by atoms with van der Waals surface area (Å²) in [6, 6.07) is 0. The van der Waals surface area contributed by atoms with Crippen molar-refractivity contribution in [3.05, 3.63) is 0 Å². The van der Waals surface area contributed by atoms with E-state index in [9.17, 15) is 4.79 Å². The van der Waals surface area contributed by atoms with Crippen molar-refractivity contribution in [3.8, 4) is 0 Å². The van der Waals surface area contributed by atoms with Gasteiger partial charge >= 0.3 is 0 Å². The maximum Gasteiger partial charge on any atom is 0.157 e. The highest BCUT2D eigenvalue weighted by Gasteiger charge is 2.16. The Morgan fingerprint density at radius 1 is 1.67 bits per heavy atom. The second-order valence-electron chi connectivity index (χ2n) is 3.15. The zero-order valence-corrected chi connectivity index (χ0v) is 7.49. The van der Waals surface area contributed by atoms with Gasteiger partial charge in [0.1, 0.15) is 6.29 Å². The van der Waals surface area contributed by atoms with E-state index in [0.29, 0.717) is 6.42 Å². The summed E-state index contributed by atoms with van der Waals surface area (Å²) in [6.45, 7) is 2.69. The predicted octanol–water partition coefficient (Wildman–Crippen LogP) is 1.51. The van der Waals surface area contributed by atoms with Gasteiger partial charge in [-0.1, -0.05) is 0 Å². The first-order valence-electron chi connectivity index (χ1n) is 4.53. The smallest absolute Gasteiger partial charge is 0.157 e. The van der Waals surface area contributed by atoms with Crippen LogP contribution in [0.15, 0.2) is 0 Å². The van der Waals surface area contributed by atoms with Crippen LogP contribution in [0.4, 0.5) is 0 Å². The Hall–Kier alpha value is -0.410. The summed E-state index contributed by atoms with van der Waals surface area (Å²) in [5, 5.41) is 0. The van der Waals surface area contributed by atoms with Crippen LogP contribution in [0.2, 0.25) is 0 Å². The van der Waals surface area contributed by atoms with Gasteiger partial charge < -0.3 is 14.3 Å². The number of ether oxygens (including phenoxy) is 2. The molecule has 3 nitrogen and oxygen atoms in total. The largest absolute Gasteiger partial charge is 0.353 e. The summed E-state index contributed by atoms with van der Waals surface area (Å²) >= 11 is 0. The van der Waals surface area contributed by atoms with Gasteiger partial charge in [0.25, 0.3) is 0 Å². The molecule has 0 aromatic carbocycles. The van der Waals surface area contributed by atoms with Crippen molar-refractivity contribution in [2.24, 2.45) is 0 Å². The Morgan fingerprint density at radius 3 is 3.08 bits per heavy atom. The first-order chi connectivity index (χ1) is 5.83. The Bertz CT molecular complexity index is 130. The molecule has 1 fully saturated rings. The summed E-state index contributed by atoms with van der Waals surface area (Å²) in [5.41, 5.74) is 0. The summed E-state index contributed by atoms with van der Waals surface area (Å²) in [4.78, 5) is 10.1. The molecule has 1 aliphatic rings. The number of carbonyl (C=O) groups is 1. The lowest BCUT2D eigenvalue weighted by Gasteiger charge is -2.25. The van der Waals surface area contributed by atoms with Crippen LogP contribution >= 0.6 is 0 Å². The minimum atomic E-state index is -0.0753. The fourth-order valence-electron chi connectivity index (χ4n) is 1.27. The molecule has 0 bridgehead atoms. The Kier molecular flexibility index (Phi) is 4.25. The lowest BCUT2D eigenvalue weighted by atomic mass is 10.2. The van der Waals surface area contributed by atoms with Crippen LogP contribution in [0.25, 0.3) is 0 Å². The third kappa shape index (κ3) is 3.32. The molecule has 12 heavy (non-hydrogen) atoms. The quantitative estimate of drug-likeness (QED) is 0.603. The number of hydrogen-bond acceptors (Lipinski definition) is 3. The summed E-state index contributed by atoms with van der Waals surface area (Å²) in [5.74, 6) is 0. The van der Waals surface area contributed by atoms with Crippen LogP contribution in [0, 0.1) is 0 Å². The van der Waals surface area contributed by atoms with E-state index < -0.39 is 0 Å². The van der Waals surface area contributed by atoms with E-state index in [4.69, 9.17) is 9.47 Å². The summed E-state index contributed by atoms with van der Waals surface area (Å²) in [6.07, 6.45) is 4.51. The van der Waals surface area contributed by atoms with Crippen LogP contribution in [-0.2, 0) is 14.3 Å². The van der Waals surface area contributed by atoms with Crippen molar-refractivity contribution in [2.75, 3.05) is 6.61 Å². The van der Waals surface area contributed by atoms with E-state index >= 15 is 0 Å². The van der Waals surface area contributed by atoms with E-state index in [2.05, 4.69) is 0 Å². The molecule has 0 aromatic heterocycles. The molecular formula is C9H16O3. The molecule has 1 heterocycles. The van der Waals surface area contributed by atoms with Crippen LogP contribution in [0.3, 0.4) is 0 Å².